The first-order chi connectivity index (χ1) is 16.1. The minimum absolute atomic E-state index is 0.00906. The molecule has 1 fully saturated rings. The summed E-state index contributed by atoms with van der Waals surface area (Å²) in [4.78, 5) is 48.9. The molecule has 1 saturated heterocycles. The second-order valence-electron chi connectivity index (χ2n) is 6.90. The Morgan fingerprint density at radius 2 is 1.79 bits per heavy atom. The maximum Gasteiger partial charge on any atom is 0.322 e. The first kappa shape index (κ1) is 25.5. The Morgan fingerprint density at radius 3 is 2.50 bits per heavy atom. The molecule has 1 aromatic heterocycles. The lowest BCUT2D eigenvalue weighted by atomic mass is 10.1. The fourth-order valence-corrected chi connectivity index (χ4v) is 5.02. The van der Waals surface area contributed by atoms with Gasteiger partial charge in [-0.2, -0.15) is 0 Å². The molecule has 178 valence electrons. The van der Waals surface area contributed by atoms with Crippen molar-refractivity contribution >= 4 is 69.4 Å². The number of aliphatic carboxylic acids is 1. The van der Waals surface area contributed by atoms with E-state index in [0.717, 1.165) is 23.9 Å². The highest BCUT2D eigenvalue weighted by atomic mass is 32.2. The van der Waals surface area contributed by atoms with Gasteiger partial charge in [0.05, 0.1) is 11.4 Å². The predicted molar refractivity (Wildman–Crippen MR) is 128 cm³/mol. The number of halogens is 2. The van der Waals surface area contributed by atoms with Crippen LogP contribution in [-0.4, -0.2) is 57.7 Å². The molecular weight excluding hydrogens is 508 g/mol. The van der Waals surface area contributed by atoms with Crippen molar-refractivity contribution < 1.29 is 33.1 Å². The fraction of sp³-hybridized carbons (Fsp3) is 0.190. The summed E-state index contributed by atoms with van der Waals surface area (Å²) in [5.74, 6) is -4.61. The molecule has 2 aromatic rings. The van der Waals surface area contributed by atoms with Crippen LogP contribution in [-0.2, 0) is 19.2 Å². The normalized spacial score (nSPS) is 14.5. The molecule has 13 heteroatoms. The standard InChI is InChI=1S/C21H17F2N3O5S3/c22-14-2-1-11(6-15(14)23)12-5-13(33-10-12)7-16-20(31)26(21(32)34-16)4-3-17(27)24-8-18(28)25-9-19(29)30/h1-2,5-7,10H,3-4,8-9H2,(H,24,27)(H,25,28)(H,29,30)/b16-7-. The Balaban J connectivity index is 1.55. The van der Waals surface area contributed by atoms with Crippen LogP contribution in [0.5, 0.6) is 0 Å². The average Bonchev–Trinajstić information content (AvgIpc) is 3.36. The molecule has 34 heavy (non-hydrogen) atoms. The van der Waals surface area contributed by atoms with Gasteiger partial charge in [0.25, 0.3) is 5.91 Å². The highest BCUT2D eigenvalue weighted by Crippen LogP contribution is 2.35. The second kappa shape index (κ2) is 11.3. The summed E-state index contributed by atoms with van der Waals surface area (Å²) in [7, 11) is 0. The van der Waals surface area contributed by atoms with Crippen molar-refractivity contribution in [3.63, 3.8) is 0 Å². The summed E-state index contributed by atoms with van der Waals surface area (Å²) >= 11 is 7.64. The van der Waals surface area contributed by atoms with Crippen LogP contribution in [0.2, 0.25) is 0 Å². The van der Waals surface area contributed by atoms with E-state index >= 15 is 0 Å². The van der Waals surface area contributed by atoms with E-state index in [9.17, 15) is 28.0 Å². The van der Waals surface area contributed by atoms with E-state index in [0.29, 0.717) is 20.9 Å². The van der Waals surface area contributed by atoms with E-state index in [1.54, 1.807) is 17.5 Å². The number of benzene rings is 1. The Morgan fingerprint density at radius 1 is 1.06 bits per heavy atom. The van der Waals surface area contributed by atoms with Crippen molar-refractivity contribution in [2.24, 2.45) is 0 Å². The van der Waals surface area contributed by atoms with Gasteiger partial charge < -0.3 is 15.7 Å². The number of hydrogen-bond donors (Lipinski definition) is 3. The van der Waals surface area contributed by atoms with Gasteiger partial charge in [-0.1, -0.05) is 30.0 Å². The molecule has 0 atom stereocenters. The number of carboxylic acid groups (broad SMARTS) is 1. The molecule has 3 N–H and O–H groups in total. The molecule has 0 saturated carbocycles. The molecule has 2 heterocycles. The van der Waals surface area contributed by atoms with Crippen molar-refractivity contribution in [2.75, 3.05) is 19.6 Å². The lowest BCUT2D eigenvalue weighted by molar-refractivity contribution is -0.137. The van der Waals surface area contributed by atoms with Crippen molar-refractivity contribution in [2.45, 2.75) is 6.42 Å². The molecule has 0 bridgehead atoms. The zero-order chi connectivity index (χ0) is 24.8. The molecule has 0 spiro atoms. The third-order valence-corrected chi connectivity index (χ3v) is 6.72. The topological polar surface area (TPSA) is 116 Å². The minimum atomic E-state index is -1.20. The number of carbonyl (C=O) groups excluding carboxylic acids is 3. The summed E-state index contributed by atoms with van der Waals surface area (Å²) in [6.45, 7) is -0.928. The molecule has 8 nitrogen and oxygen atoms in total. The Bertz CT molecular complexity index is 1200. The lowest BCUT2D eigenvalue weighted by Crippen LogP contribution is -2.40. The Kier molecular flexibility index (Phi) is 8.47. The quantitative estimate of drug-likeness (QED) is 0.341. The molecule has 0 aliphatic carbocycles. The summed E-state index contributed by atoms with van der Waals surface area (Å²) in [5.41, 5.74) is 1.18. The summed E-state index contributed by atoms with van der Waals surface area (Å²) in [5, 5.41) is 14.7. The molecule has 1 aliphatic rings. The first-order valence-corrected chi connectivity index (χ1v) is 11.8. The highest BCUT2D eigenvalue weighted by molar-refractivity contribution is 8.26. The molecular formula is C21H17F2N3O5S3. The molecule has 3 rings (SSSR count). The highest BCUT2D eigenvalue weighted by Gasteiger charge is 2.32. The third-order valence-electron chi connectivity index (χ3n) is 4.46. The van der Waals surface area contributed by atoms with E-state index in [1.807, 2.05) is 0 Å². The Labute approximate surface area is 206 Å². The van der Waals surface area contributed by atoms with Crippen molar-refractivity contribution in [3.8, 4) is 11.1 Å². The number of thiocarbonyl (C=S) groups is 1. The molecule has 1 aromatic carbocycles. The lowest BCUT2D eigenvalue weighted by Gasteiger charge is -2.14. The SMILES string of the molecule is O=C(O)CNC(=O)CNC(=O)CCN1C(=O)/C(=C/c2cc(-c3ccc(F)c(F)c3)cs2)SC1=S. The monoisotopic (exact) mass is 525 g/mol. The predicted octanol–water partition coefficient (Wildman–Crippen LogP) is 2.60. The average molecular weight is 526 g/mol. The molecule has 0 unspecified atom stereocenters. The number of thiophene rings is 1. The van der Waals surface area contributed by atoms with Crippen LogP contribution in [0.4, 0.5) is 8.78 Å². The largest absolute Gasteiger partial charge is 0.480 e. The van der Waals surface area contributed by atoms with Crippen molar-refractivity contribution in [1.29, 1.82) is 0 Å². The van der Waals surface area contributed by atoms with Gasteiger partial charge in [0.1, 0.15) is 10.9 Å². The number of carbonyl (C=O) groups is 4. The fourth-order valence-electron chi connectivity index (χ4n) is 2.79. The van der Waals surface area contributed by atoms with Crippen molar-refractivity contribution in [1.82, 2.24) is 15.5 Å². The van der Waals surface area contributed by atoms with Gasteiger partial charge in [0.2, 0.25) is 11.8 Å². The van der Waals surface area contributed by atoms with E-state index < -0.39 is 36.0 Å². The number of nitrogens with zero attached hydrogens (tertiary/aromatic N) is 1. The first-order valence-electron chi connectivity index (χ1n) is 9.68. The van der Waals surface area contributed by atoms with Crippen LogP contribution in [0.15, 0.2) is 34.6 Å². The van der Waals surface area contributed by atoms with Crippen LogP contribution >= 0.6 is 35.3 Å². The number of amides is 3. The summed E-state index contributed by atoms with van der Waals surface area (Å²) in [6, 6.07) is 5.35. The van der Waals surface area contributed by atoms with E-state index in [2.05, 4.69) is 10.6 Å². The van der Waals surface area contributed by atoms with Crippen LogP contribution < -0.4 is 10.6 Å². The maximum atomic E-state index is 13.5. The summed E-state index contributed by atoms with van der Waals surface area (Å²) in [6.07, 6.45) is 1.53. The number of thioether (sulfide) groups is 1. The Hall–Kier alpha value is -3.16. The van der Waals surface area contributed by atoms with Gasteiger partial charge in [-0.05, 0) is 40.8 Å². The zero-order valence-corrected chi connectivity index (χ0v) is 19.8. The second-order valence-corrected chi connectivity index (χ2v) is 9.52. The number of rotatable bonds is 9. The minimum Gasteiger partial charge on any atom is -0.480 e. The van der Waals surface area contributed by atoms with Gasteiger partial charge in [0, 0.05) is 17.8 Å². The van der Waals surface area contributed by atoms with Crippen molar-refractivity contribution in [3.05, 3.63) is 51.1 Å². The number of hydrogen-bond acceptors (Lipinski definition) is 7. The maximum absolute atomic E-state index is 13.5. The number of nitrogens with one attached hydrogen (secondary N) is 2. The van der Waals surface area contributed by atoms with Crippen LogP contribution in [0.25, 0.3) is 17.2 Å². The summed E-state index contributed by atoms with van der Waals surface area (Å²) < 4.78 is 26.9. The number of carboxylic acids is 1. The van der Waals surface area contributed by atoms with Gasteiger partial charge in [-0.25, -0.2) is 8.78 Å². The molecule has 3 amide bonds. The van der Waals surface area contributed by atoms with Crippen LogP contribution in [0, 0.1) is 11.6 Å². The molecule has 0 radical (unpaired) electrons. The van der Waals surface area contributed by atoms with Gasteiger partial charge >= 0.3 is 5.97 Å². The molecule has 1 aliphatic heterocycles. The zero-order valence-electron chi connectivity index (χ0n) is 17.3. The van der Waals surface area contributed by atoms with E-state index in [-0.39, 0.29) is 29.7 Å². The smallest absolute Gasteiger partial charge is 0.322 e. The van der Waals surface area contributed by atoms with Crippen LogP contribution in [0.3, 0.4) is 0 Å². The van der Waals surface area contributed by atoms with Gasteiger partial charge in [-0.3, -0.25) is 24.1 Å². The third kappa shape index (κ3) is 6.68. The van der Waals surface area contributed by atoms with Gasteiger partial charge in [-0.15, -0.1) is 11.3 Å². The van der Waals surface area contributed by atoms with Crippen LogP contribution in [0.1, 0.15) is 11.3 Å². The van der Waals surface area contributed by atoms with E-state index in [4.69, 9.17) is 17.3 Å². The van der Waals surface area contributed by atoms with E-state index in [1.165, 1.54) is 22.3 Å². The van der Waals surface area contributed by atoms with Gasteiger partial charge in [0.15, 0.2) is 11.6 Å².